The molecule has 1 saturated heterocycles. The lowest BCUT2D eigenvalue weighted by Crippen LogP contribution is -2.30. The van der Waals surface area contributed by atoms with Gasteiger partial charge in [-0.3, -0.25) is 9.36 Å². The van der Waals surface area contributed by atoms with Crippen molar-refractivity contribution >= 4 is 16.9 Å². The Morgan fingerprint density at radius 3 is 2.63 bits per heavy atom. The third-order valence-corrected chi connectivity index (χ3v) is 5.36. The van der Waals surface area contributed by atoms with Gasteiger partial charge in [0.05, 0.1) is 29.7 Å². The molecule has 0 aliphatic carbocycles. The molecule has 5 heteroatoms. The number of benzene rings is 2. The van der Waals surface area contributed by atoms with Crippen molar-refractivity contribution in [3.05, 3.63) is 58.9 Å². The monoisotopic (exact) mass is 363 g/mol. The van der Waals surface area contributed by atoms with E-state index in [1.165, 1.54) is 0 Å². The summed E-state index contributed by atoms with van der Waals surface area (Å²) in [4.78, 5) is 17.5. The van der Waals surface area contributed by atoms with E-state index in [-0.39, 0.29) is 23.7 Å². The van der Waals surface area contributed by atoms with Crippen molar-refractivity contribution in [3.63, 3.8) is 0 Å². The smallest absolute Gasteiger partial charge is 0.262 e. The first-order valence-corrected chi connectivity index (χ1v) is 9.54. The molecule has 1 aliphatic rings. The summed E-state index contributed by atoms with van der Waals surface area (Å²) in [7, 11) is 0. The molecule has 2 N–H and O–H groups in total. The average Bonchev–Trinajstić information content (AvgIpc) is 3.14. The summed E-state index contributed by atoms with van der Waals surface area (Å²) in [6.07, 6.45) is 2.24. The molecule has 0 amide bonds. The van der Waals surface area contributed by atoms with Crippen molar-refractivity contribution in [3.8, 4) is 11.1 Å². The van der Waals surface area contributed by atoms with Crippen LogP contribution in [0.3, 0.4) is 0 Å². The maximum Gasteiger partial charge on any atom is 0.262 e. The summed E-state index contributed by atoms with van der Waals surface area (Å²) in [5.74, 6) is 0.726. The van der Waals surface area contributed by atoms with Crippen LogP contribution < -0.4 is 11.3 Å². The van der Waals surface area contributed by atoms with Gasteiger partial charge >= 0.3 is 0 Å². The number of fused-ring (bicyclic) bond motifs is 1. The number of anilines is 1. The zero-order chi connectivity index (χ0) is 19.0. The molecule has 5 nitrogen and oxygen atoms in total. The van der Waals surface area contributed by atoms with E-state index in [4.69, 9.17) is 10.5 Å². The predicted octanol–water partition coefficient (Wildman–Crippen LogP) is 3.85. The van der Waals surface area contributed by atoms with Gasteiger partial charge in [0, 0.05) is 0 Å². The molecule has 1 aliphatic heterocycles. The fourth-order valence-electron chi connectivity index (χ4n) is 3.79. The number of nitrogens with two attached hydrogens (primary N) is 1. The van der Waals surface area contributed by atoms with Crippen molar-refractivity contribution in [1.82, 2.24) is 9.55 Å². The van der Waals surface area contributed by atoms with Gasteiger partial charge in [0.2, 0.25) is 5.95 Å². The maximum atomic E-state index is 13.0. The molecule has 1 fully saturated rings. The number of hydrogen-bond acceptors (Lipinski definition) is 4. The van der Waals surface area contributed by atoms with Crippen molar-refractivity contribution < 1.29 is 4.74 Å². The van der Waals surface area contributed by atoms with Crippen molar-refractivity contribution in [1.29, 1.82) is 0 Å². The fourth-order valence-corrected chi connectivity index (χ4v) is 3.79. The van der Waals surface area contributed by atoms with Gasteiger partial charge in [-0.25, -0.2) is 4.98 Å². The van der Waals surface area contributed by atoms with Crippen molar-refractivity contribution in [2.75, 3.05) is 5.73 Å². The van der Waals surface area contributed by atoms with Crippen LogP contribution in [0.1, 0.15) is 26.7 Å². The Morgan fingerprint density at radius 2 is 1.93 bits per heavy atom. The average molecular weight is 363 g/mol. The number of hydrogen-bond donors (Lipinski definition) is 1. The summed E-state index contributed by atoms with van der Waals surface area (Å²) in [5.41, 5.74) is 8.77. The van der Waals surface area contributed by atoms with Gasteiger partial charge in [0.15, 0.2) is 0 Å². The number of nitrogens with zero attached hydrogens (tertiary/aromatic N) is 2. The van der Waals surface area contributed by atoms with Gasteiger partial charge in [-0.05, 0) is 42.0 Å². The molecule has 2 atom stereocenters. The summed E-state index contributed by atoms with van der Waals surface area (Å²) in [6.45, 7) is 4.78. The lowest BCUT2D eigenvalue weighted by atomic mass is 10.0. The Hall–Kier alpha value is -2.66. The first kappa shape index (κ1) is 17.7. The van der Waals surface area contributed by atoms with Gasteiger partial charge in [-0.1, -0.05) is 50.2 Å². The third kappa shape index (κ3) is 3.47. The predicted molar refractivity (Wildman–Crippen MR) is 109 cm³/mol. The minimum atomic E-state index is -0.103. The molecule has 2 heterocycles. The Labute approximate surface area is 158 Å². The minimum absolute atomic E-state index is 0.0141. The molecule has 1 aromatic heterocycles. The Balaban J connectivity index is 1.67. The van der Waals surface area contributed by atoms with Crippen LogP contribution in [0, 0.1) is 5.92 Å². The van der Waals surface area contributed by atoms with Crippen LogP contribution in [0.15, 0.2) is 53.3 Å². The standard InChI is InChI=1S/C22H25N3O2/c1-14(2)20-11-9-17(27-20)13-25-21(26)18-10-8-16(12-19(18)24-22(25)23)15-6-4-3-5-7-15/h3-8,10,12,14,17,20H,9,11,13H2,1-2H3,(H2,23,24). The summed E-state index contributed by atoms with van der Waals surface area (Å²) >= 11 is 0. The van der Waals surface area contributed by atoms with E-state index in [2.05, 4.69) is 18.8 Å². The molecule has 0 bridgehead atoms. The highest BCUT2D eigenvalue weighted by Gasteiger charge is 2.28. The highest BCUT2D eigenvalue weighted by Crippen LogP contribution is 2.27. The summed E-state index contributed by atoms with van der Waals surface area (Å²) in [6, 6.07) is 15.8. The van der Waals surface area contributed by atoms with Crippen LogP contribution in [0.2, 0.25) is 0 Å². The van der Waals surface area contributed by atoms with E-state index in [0.717, 1.165) is 24.0 Å². The second-order valence-corrected chi connectivity index (χ2v) is 7.60. The Bertz CT molecular complexity index is 1010. The Morgan fingerprint density at radius 1 is 1.15 bits per heavy atom. The minimum Gasteiger partial charge on any atom is -0.373 e. The lowest BCUT2D eigenvalue weighted by Gasteiger charge is -2.18. The first-order chi connectivity index (χ1) is 13.0. The Kier molecular flexibility index (Phi) is 4.70. The van der Waals surface area contributed by atoms with Crippen LogP contribution in [-0.4, -0.2) is 21.8 Å². The number of rotatable bonds is 4. The van der Waals surface area contributed by atoms with Gasteiger partial charge < -0.3 is 10.5 Å². The van der Waals surface area contributed by atoms with Crippen LogP contribution in [0.4, 0.5) is 5.95 Å². The van der Waals surface area contributed by atoms with E-state index in [0.29, 0.717) is 23.4 Å². The topological polar surface area (TPSA) is 70.1 Å². The molecular weight excluding hydrogens is 338 g/mol. The molecule has 0 saturated carbocycles. The molecule has 0 spiro atoms. The van der Waals surface area contributed by atoms with Crippen LogP contribution in [0.5, 0.6) is 0 Å². The van der Waals surface area contributed by atoms with Crippen LogP contribution >= 0.6 is 0 Å². The normalized spacial score (nSPS) is 19.8. The van der Waals surface area contributed by atoms with Gasteiger partial charge in [-0.15, -0.1) is 0 Å². The molecule has 2 unspecified atom stereocenters. The quantitative estimate of drug-likeness (QED) is 0.764. The fraction of sp³-hybridized carbons (Fsp3) is 0.364. The van der Waals surface area contributed by atoms with Gasteiger partial charge in [0.25, 0.3) is 5.56 Å². The number of ether oxygens (including phenoxy) is 1. The molecular formula is C22H25N3O2. The highest BCUT2D eigenvalue weighted by atomic mass is 16.5. The third-order valence-electron chi connectivity index (χ3n) is 5.36. The molecule has 27 heavy (non-hydrogen) atoms. The summed E-state index contributed by atoms with van der Waals surface area (Å²) in [5, 5.41) is 0.585. The van der Waals surface area contributed by atoms with E-state index in [1.54, 1.807) is 4.57 Å². The lowest BCUT2D eigenvalue weighted by molar-refractivity contribution is 0.0116. The van der Waals surface area contributed by atoms with Gasteiger partial charge in [0.1, 0.15) is 0 Å². The van der Waals surface area contributed by atoms with E-state index in [1.807, 2.05) is 48.5 Å². The molecule has 3 aromatic rings. The molecule has 140 valence electrons. The van der Waals surface area contributed by atoms with Crippen molar-refractivity contribution in [2.45, 2.75) is 45.4 Å². The SMILES string of the molecule is CC(C)C1CCC(Cn2c(N)nc3cc(-c4ccccc4)ccc3c2=O)O1. The molecule has 4 rings (SSSR count). The largest absolute Gasteiger partial charge is 0.373 e. The zero-order valence-electron chi connectivity index (χ0n) is 15.8. The highest BCUT2D eigenvalue weighted by molar-refractivity contribution is 5.84. The van der Waals surface area contributed by atoms with E-state index < -0.39 is 0 Å². The van der Waals surface area contributed by atoms with Crippen LogP contribution in [-0.2, 0) is 11.3 Å². The maximum absolute atomic E-state index is 13.0. The van der Waals surface area contributed by atoms with E-state index in [9.17, 15) is 4.79 Å². The number of aromatic nitrogens is 2. The second kappa shape index (κ2) is 7.16. The number of nitrogen functional groups attached to an aromatic ring is 1. The molecule has 2 aromatic carbocycles. The zero-order valence-corrected chi connectivity index (χ0v) is 15.8. The van der Waals surface area contributed by atoms with E-state index >= 15 is 0 Å². The first-order valence-electron chi connectivity index (χ1n) is 9.54. The van der Waals surface area contributed by atoms with Crippen LogP contribution in [0.25, 0.3) is 22.0 Å². The molecule has 0 radical (unpaired) electrons. The summed E-state index contributed by atoms with van der Waals surface area (Å²) < 4.78 is 7.64. The van der Waals surface area contributed by atoms with Crippen molar-refractivity contribution in [2.24, 2.45) is 5.92 Å². The van der Waals surface area contributed by atoms with Gasteiger partial charge in [-0.2, -0.15) is 0 Å². The second-order valence-electron chi connectivity index (χ2n) is 7.60.